The second-order valence-corrected chi connectivity index (χ2v) is 7.86. The van der Waals surface area contributed by atoms with Crippen LogP contribution in [0.1, 0.15) is 24.4 Å². The van der Waals surface area contributed by atoms with E-state index in [0.29, 0.717) is 21.7 Å². The van der Waals surface area contributed by atoms with Crippen LogP contribution in [0.4, 0.5) is 17.6 Å². The summed E-state index contributed by atoms with van der Waals surface area (Å²) >= 11 is 5.59. The molecule has 4 rings (SSSR count). The third-order valence-electron chi connectivity index (χ3n) is 4.91. The molecule has 0 N–H and O–H groups in total. The second kappa shape index (κ2) is 8.43. The van der Waals surface area contributed by atoms with E-state index in [0.717, 1.165) is 12.8 Å². The van der Waals surface area contributed by atoms with Crippen LogP contribution < -0.4 is 4.74 Å². The predicted molar refractivity (Wildman–Crippen MR) is 109 cm³/mol. The van der Waals surface area contributed by atoms with Gasteiger partial charge in [-0.3, -0.25) is 9.47 Å². The average molecular weight is 452 g/mol. The summed E-state index contributed by atoms with van der Waals surface area (Å²) in [5.41, 5.74) is 0.746. The molecule has 0 atom stereocenters. The molecule has 1 fully saturated rings. The van der Waals surface area contributed by atoms with Gasteiger partial charge in [-0.2, -0.15) is 5.10 Å². The lowest BCUT2D eigenvalue weighted by Crippen LogP contribution is -2.24. The van der Waals surface area contributed by atoms with E-state index in [1.807, 2.05) is 4.57 Å². The molecule has 0 unspecified atom stereocenters. The Morgan fingerprint density at radius 3 is 2.48 bits per heavy atom. The normalized spacial score (nSPS) is 14.3. The van der Waals surface area contributed by atoms with Crippen molar-refractivity contribution in [1.29, 1.82) is 0 Å². The predicted octanol–water partition coefficient (Wildman–Crippen LogP) is 5.54. The summed E-state index contributed by atoms with van der Waals surface area (Å²) in [5, 5.41) is 4.55. The molecular weight excluding hydrogens is 432 g/mol. The molecule has 31 heavy (non-hydrogen) atoms. The molecule has 0 aliphatic heterocycles. The van der Waals surface area contributed by atoms with Crippen molar-refractivity contribution in [3.8, 4) is 17.1 Å². The maximum absolute atomic E-state index is 14.4. The van der Waals surface area contributed by atoms with Gasteiger partial charge in [-0.05, 0) is 50.3 Å². The van der Waals surface area contributed by atoms with Gasteiger partial charge in [0, 0.05) is 18.2 Å². The number of alkyl halides is 3. The Kier molecular flexibility index (Phi) is 5.85. The molecule has 1 saturated carbocycles. The number of nitrogens with zero attached hydrogens (tertiary/aromatic N) is 4. The van der Waals surface area contributed by atoms with Crippen molar-refractivity contribution < 1.29 is 22.3 Å². The highest BCUT2D eigenvalue weighted by atomic mass is 32.1. The van der Waals surface area contributed by atoms with E-state index in [2.05, 4.69) is 9.84 Å². The lowest BCUT2D eigenvalue weighted by molar-refractivity contribution is -0.275. The van der Waals surface area contributed by atoms with Gasteiger partial charge in [0.25, 0.3) is 0 Å². The summed E-state index contributed by atoms with van der Waals surface area (Å²) < 4.78 is 60.5. The van der Waals surface area contributed by atoms with Crippen molar-refractivity contribution >= 4 is 12.2 Å². The number of hydrogen-bond acceptors (Lipinski definition) is 4. The SMILES string of the molecule is CN(Cc1ccccc1OC(F)(F)F)Cn1nc(-c2ccccc2F)n(C2CC2)c1=S. The van der Waals surface area contributed by atoms with Crippen LogP contribution in [0.5, 0.6) is 5.75 Å². The third-order valence-corrected chi connectivity index (χ3v) is 5.32. The number of hydrogen-bond donors (Lipinski definition) is 0. The zero-order valence-electron chi connectivity index (χ0n) is 16.6. The summed E-state index contributed by atoms with van der Waals surface area (Å²) in [6.07, 6.45) is -2.88. The maximum atomic E-state index is 14.4. The van der Waals surface area contributed by atoms with Crippen LogP contribution in [-0.4, -0.2) is 32.7 Å². The summed E-state index contributed by atoms with van der Waals surface area (Å²) in [6, 6.07) is 12.5. The van der Waals surface area contributed by atoms with E-state index in [1.54, 1.807) is 47.0 Å². The first-order valence-corrected chi connectivity index (χ1v) is 10.1. The number of rotatable bonds is 7. The molecule has 164 valence electrons. The zero-order chi connectivity index (χ0) is 22.2. The first-order valence-electron chi connectivity index (χ1n) is 9.69. The molecule has 1 aliphatic carbocycles. The summed E-state index contributed by atoms with van der Waals surface area (Å²) in [6.45, 7) is 0.402. The van der Waals surface area contributed by atoms with E-state index in [9.17, 15) is 17.6 Å². The third kappa shape index (κ3) is 4.96. The van der Waals surface area contributed by atoms with Crippen molar-refractivity contribution in [3.63, 3.8) is 0 Å². The van der Waals surface area contributed by atoms with Crippen molar-refractivity contribution in [1.82, 2.24) is 19.2 Å². The van der Waals surface area contributed by atoms with E-state index in [1.165, 1.54) is 18.2 Å². The van der Waals surface area contributed by atoms with Crippen molar-refractivity contribution in [2.75, 3.05) is 7.05 Å². The van der Waals surface area contributed by atoms with Crippen LogP contribution in [0.2, 0.25) is 0 Å². The Bertz CT molecular complexity index is 1140. The van der Waals surface area contributed by atoms with Gasteiger partial charge >= 0.3 is 6.36 Å². The van der Waals surface area contributed by atoms with Gasteiger partial charge in [-0.25, -0.2) is 9.07 Å². The monoisotopic (exact) mass is 452 g/mol. The molecule has 1 aliphatic rings. The Balaban J connectivity index is 1.59. The van der Waals surface area contributed by atoms with E-state index >= 15 is 0 Å². The average Bonchev–Trinajstić information content (AvgIpc) is 3.48. The Morgan fingerprint density at radius 2 is 1.81 bits per heavy atom. The molecule has 2 aromatic carbocycles. The maximum Gasteiger partial charge on any atom is 0.573 e. The van der Waals surface area contributed by atoms with Gasteiger partial charge in [-0.15, -0.1) is 13.2 Å². The largest absolute Gasteiger partial charge is 0.573 e. The summed E-state index contributed by atoms with van der Waals surface area (Å²) in [4.78, 5) is 1.77. The number of halogens is 4. The summed E-state index contributed by atoms with van der Waals surface area (Å²) in [5.74, 6) is -0.177. The Morgan fingerprint density at radius 1 is 1.13 bits per heavy atom. The molecule has 0 bridgehead atoms. The van der Waals surface area contributed by atoms with Crippen molar-refractivity contribution in [3.05, 3.63) is 64.7 Å². The topological polar surface area (TPSA) is 35.2 Å². The standard InChI is InChI=1S/C21H20F4N4OS/c1-27(12-14-6-2-5-9-18(14)30-21(23,24)25)13-28-20(31)29(15-10-11-15)19(26-28)16-7-3-4-8-17(16)22/h2-9,15H,10-13H2,1H3. The zero-order valence-corrected chi connectivity index (χ0v) is 17.5. The van der Waals surface area contributed by atoms with Crippen molar-refractivity contribution in [2.45, 2.75) is 38.5 Å². The van der Waals surface area contributed by atoms with E-state index in [4.69, 9.17) is 12.2 Å². The number of benzene rings is 2. The van der Waals surface area contributed by atoms with Gasteiger partial charge in [-0.1, -0.05) is 30.3 Å². The van der Waals surface area contributed by atoms with Crippen LogP contribution in [0.15, 0.2) is 48.5 Å². The first kappa shape index (κ1) is 21.5. The first-order chi connectivity index (χ1) is 14.7. The molecule has 0 radical (unpaired) electrons. The molecule has 0 amide bonds. The lowest BCUT2D eigenvalue weighted by Gasteiger charge is -2.19. The van der Waals surface area contributed by atoms with Gasteiger partial charge < -0.3 is 4.74 Å². The fourth-order valence-corrected chi connectivity index (χ4v) is 3.76. The van der Waals surface area contributed by atoms with Crippen LogP contribution >= 0.6 is 12.2 Å². The number of para-hydroxylation sites is 1. The molecule has 1 aromatic heterocycles. The number of aromatic nitrogens is 3. The second-order valence-electron chi connectivity index (χ2n) is 7.50. The molecule has 10 heteroatoms. The highest BCUT2D eigenvalue weighted by Gasteiger charge is 2.32. The Labute approximate surface area is 181 Å². The minimum absolute atomic E-state index is 0.180. The van der Waals surface area contributed by atoms with Crippen molar-refractivity contribution in [2.24, 2.45) is 0 Å². The molecule has 3 aromatic rings. The number of ether oxygens (including phenoxy) is 1. The summed E-state index contributed by atoms with van der Waals surface area (Å²) in [7, 11) is 1.74. The molecule has 1 heterocycles. The fourth-order valence-electron chi connectivity index (χ4n) is 3.43. The Hall–Kier alpha value is -2.72. The fraction of sp³-hybridized carbons (Fsp3) is 0.333. The van der Waals surface area contributed by atoms with Crippen LogP contribution in [0, 0.1) is 10.6 Å². The van der Waals surface area contributed by atoms with Crippen LogP contribution in [0.25, 0.3) is 11.4 Å². The highest BCUT2D eigenvalue weighted by Crippen LogP contribution is 2.39. The quantitative estimate of drug-likeness (QED) is 0.348. The minimum atomic E-state index is -4.77. The van der Waals surface area contributed by atoms with E-state index in [-0.39, 0.29) is 30.8 Å². The molecular formula is C21H20F4N4OS. The van der Waals surface area contributed by atoms with Gasteiger partial charge in [0.15, 0.2) is 10.6 Å². The van der Waals surface area contributed by atoms with Gasteiger partial charge in [0.1, 0.15) is 11.6 Å². The minimum Gasteiger partial charge on any atom is -0.405 e. The van der Waals surface area contributed by atoms with Gasteiger partial charge in [0.2, 0.25) is 0 Å². The smallest absolute Gasteiger partial charge is 0.405 e. The van der Waals surface area contributed by atoms with Crippen LogP contribution in [-0.2, 0) is 13.2 Å². The van der Waals surface area contributed by atoms with Gasteiger partial charge in [0.05, 0.1) is 12.2 Å². The highest BCUT2D eigenvalue weighted by molar-refractivity contribution is 7.71. The molecule has 0 spiro atoms. The lowest BCUT2D eigenvalue weighted by atomic mass is 10.2. The van der Waals surface area contributed by atoms with E-state index < -0.39 is 6.36 Å². The van der Waals surface area contributed by atoms with Crippen LogP contribution in [0.3, 0.4) is 0 Å². The molecule has 5 nitrogen and oxygen atoms in total. The molecule has 0 saturated heterocycles.